The lowest BCUT2D eigenvalue weighted by molar-refractivity contribution is -0.385. The van der Waals surface area contributed by atoms with Gasteiger partial charge in [-0.3, -0.25) is 10.1 Å². The Morgan fingerprint density at radius 3 is 2.37 bits per heavy atom. The maximum atomic E-state index is 11.3. The molecule has 0 amide bonds. The number of nitrogens with zero attached hydrogens (tertiary/aromatic N) is 3. The fraction of sp³-hybridized carbons (Fsp3) is 0. The summed E-state index contributed by atoms with van der Waals surface area (Å²) in [7, 11) is 0. The van der Waals surface area contributed by atoms with Crippen molar-refractivity contribution in [2.24, 2.45) is 0 Å². The molecule has 0 fully saturated rings. The Morgan fingerprint density at radius 1 is 0.926 bits per heavy atom. The number of nitro groups is 1. The van der Waals surface area contributed by atoms with Gasteiger partial charge in [-0.2, -0.15) is 10.5 Å². The van der Waals surface area contributed by atoms with E-state index in [9.17, 15) is 10.1 Å². The first-order valence-corrected chi connectivity index (χ1v) is 7.82. The van der Waals surface area contributed by atoms with E-state index >= 15 is 0 Å². The lowest BCUT2D eigenvalue weighted by Gasteiger charge is -2.07. The number of para-hydroxylation sites is 1. The summed E-state index contributed by atoms with van der Waals surface area (Å²) in [5, 5.41) is 31.3. The standard InChI is InChI=1S/C20H9N3O4/c21-10-12-7-17(23(24)25)20(8-13(12)11-22)26-14-5-6-19-16(9-14)15-3-1-2-4-18(15)27-19/h1-9H. The Bertz CT molecular complexity index is 1310. The van der Waals surface area contributed by atoms with Crippen LogP contribution >= 0.6 is 0 Å². The van der Waals surface area contributed by atoms with Crippen LogP contribution in [-0.4, -0.2) is 4.92 Å². The summed E-state index contributed by atoms with van der Waals surface area (Å²) < 4.78 is 11.4. The molecular formula is C20H9N3O4. The third-order valence-corrected chi connectivity index (χ3v) is 4.11. The quantitative estimate of drug-likeness (QED) is 0.376. The van der Waals surface area contributed by atoms with E-state index in [-0.39, 0.29) is 22.6 Å². The van der Waals surface area contributed by atoms with Crippen molar-refractivity contribution < 1.29 is 14.1 Å². The summed E-state index contributed by atoms with van der Waals surface area (Å²) in [6, 6.07) is 18.4. The Morgan fingerprint density at radius 2 is 1.63 bits per heavy atom. The lowest BCUT2D eigenvalue weighted by atomic mass is 10.1. The zero-order chi connectivity index (χ0) is 19.0. The number of hydrogen-bond acceptors (Lipinski definition) is 6. The number of benzene rings is 3. The minimum Gasteiger partial charge on any atom is -0.456 e. The van der Waals surface area contributed by atoms with Gasteiger partial charge in [0.15, 0.2) is 0 Å². The molecule has 0 N–H and O–H groups in total. The van der Waals surface area contributed by atoms with E-state index < -0.39 is 4.92 Å². The molecule has 27 heavy (non-hydrogen) atoms. The highest BCUT2D eigenvalue weighted by Crippen LogP contribution is 2.37. The maximum absolute atomic E-state index is 11.3. The average molecular weight is 355 g/mol. The molecule has 0 bridgehead atoms. The second-order valence-corrected chi connectivity index (χ2v) is 5.70. The van der Waals surface area contributed by atoms with E-state index in [1.165, 1.54) is 6.07 Å². The fourth-order valence-electron chi connectivity index (χ4n) is 2.87. The molecule has 0 radical (unpaired) electrons. The first-order chi connectivity index (χ1) is 13.1. The number of furan rings is 1. The number of fused-ring (bicyclic) bond motifs is 3. The molecule has 0 saturated carbocycles. The van der Waals surface area contributed by atoms with Crippen molar-refractivity contribution in [1.82, 2.24) is 0 Å². The fourth-order valence-corrected chi connectivity index (χ4v) is 2.87. The third kappa shape index (κ3) is 2.70. The van der Waals surface area contributed by atoms with Crippen molar-refractivity contribution in [1.29, 1.82) is 10.5 Å². The second kappa shape index (κ2) is 6.17. The first kappa shape index (κ1) is 16.1. The van der Waals surface area contributed by atoms with Crippen molar-refractivity contribution in [2.45, 2.75) is 0 Å². The molecule has 7 heteroatoms. The van der Waals surface area contributed by atoms with Crippen molar-refractivity contribution >= 4 is 27.6 Å². The van der Waals surface area contributed by atoms with Crippen molar-refractivity contribution in [2.75, 3.05) is 0 Å². The molecule has 0 spiro atoms. The van der Waals surface area contributed by atoms with Gasteiger partial charge in [-0.1, -0.05) is 18.2 Å². The van der Waals surface area contributed by atoms with Crippen LogP contribution in [0.25, 0.3) is 21.9 Å². The second-order valence-electron chi connectivity index (χ2n) is 5.70. The van der Waals surface area contributed by atoms with Gasteiger partial charge in [0.2, 0.25) is 5.75 Å². The van der Waals surface area contributed by atoms with Gasteiger partial charge in [0.05, 0.1) is 16.1 Å². The van der Waals surface area contributed by atoms with Crippen LogP contribution in [0, 0.1) is 32.8 Å². The molecule has 1 aromatic heterocycles. The number of hydrogen-bond donors (Lipinski definition) is 0. The Kier molecular flexibility index (Phi) is 3.69. The van der Waals surface area contributed by atoms with Crippen LogP contribution in [0.15, 0.2) is 59.0 Å². The molecule has 3 aromatic carbocycles. The molecule has 0 saturated heterocycles. The number of ether oxygens (including phenoxy) is 1. The number of rotatable bonds is 3. The topological polar surface area (TPSA) is 113 Å². The summed E-state index contributed by atoms with van der Waals surface area (Å²) in [6.07, 6.45) is 0. The zero-order valence-electron chi connectivity index (χ0n) is 13.7. The van der Waals surface area contributed by atoms with E-state index in [4.69, 9.17) is 19.7 Å². The Balaban J connectivity index is 1.84. The van der Waals surface area contributed by atoms with E-state index in [2.05, 4.69) is 0 Å². The normalized spacial score (nSPS) is 10.4. The largest absolute Gasteiger partial charge is 0.456 e. The predicted molar refractivity (Wildman–Crippen MR) is 96.3 cm³/mol. The number of nitro benzene ring substituents is 1. The van der Waals surface area contributed by atoms with Gasteiger partial charge in [-0.15, -0.1) is 0 Å². The zero-order valence-corrected chi connectivity index (χ0v) is 13.7. The summed E-state index contributed by atoms with van der Waals surface area (Å²) in [6.45, 7) is 0. The summed E-state index contributed by atoms with van der Waals surface area (Å²) >= 11 is 0. The van der Waals surface area contributed by atoms with E-state index in [0.29, 0.717) is 11.3 Å². The van der Waals surface area contributed by atoms with Crippen LogP contribution in [-0.2, 0) is 0 Å². The van der Waals surface area contributed by atoms with Gasteiger partial charge in [-0.05, 0) is 24.3 Å². The Labute approximate surface area is 152 Å². The SMILES string of the molecule is N#Cc1cc(Oc2ccc3oc4ccccc4c3c2)c([N+](=O)[O-])cc1C#N. The smallest absolute Gasteiger partial charge is 0.312 e. The van der Waals surface area contributed by atoms with Gasteiger partial charge in [0.25, 0.3) is 0 Å². The van der Waals surface area contributed by atoms with Crippen LogP contribution < -0.4 is 4.74 Å². The van der Waals surface area contributed by atoms with E-state index in [1.54, 1.807) is 24.3 Å². The first-order valence-electron chi connectivity index (χ1n) is 7.82. The van der Waals surface area contributed by atoms with Gasteiger partial charge < -0.3 is 9.15 Å². The average Bonchev–Trinajstić information content (AvgIpc) is 3.05. The van der Waals surface area contributed by atoms with Crippen LogP contribution in [0.5, 0.6) is 11.5 Å². The summed E-state index contributed by atoms with van der Waals surface area (Å²) in [4.78, 5) is 10.7. The minimum absolute atomic E-state index is 0.00735. The van der Waals surface area contributed by atoms with E-state index in [0.717, 1.165) is 22.4 Å². The molecule has 0 atom stereocenters. The van der Waals surface area contributed by atoms with Crippen LogP contribution in [0.2, 0.25) is 0 Å². The summed E-state index contributed by atoms with van der Waals surface area (Å²) in [5.74, 6) is 0.244. The van der Waals surface area contributed by atoms with Gasteiger partial charge in [0, 0.05) is 22.9 Å². The monoisotopic (exact) mass is 355 g/mol. The molecular weight excluding hydrogens is 346 g/mol. The summed E-state index contributed by atoms with van der Waals surface area (Å²) in [5.41, 5.74) is 0.930. The van der Waals surface area contributed by atoms with Crippen molar-refractivity contribution in [3.63, 3.8) is 0 Å². The molecule has 7 nitrogen and oxygen atoms in total. The predicted octanol–water partition coefficient (Wildman–Crippen LogP) is 5.03. The van der Waals surface area contributed by atoms with Gasteiger partial charge >= 0.3 is 5.69 Å². The molecule has 0 aliphatic carbocycles. The lowest BCUT2D eigenvalue weighted by Crippen LogP contribution is -1.96. The Hall–Kier alpha value is -4.36. The molecule has 4 rings (SSSR count). The van der Waals surface area contributed by atoms with Crippen molar-refractivity contribution in [3.05, 3.63) is 75.8 Å². The molecule has 128 valence electrons. The molecule has 0 aliphatic rings. The third-order valence-electron chi connectivity index (χ3n) is 4.11. The van der Waals surface area contributed by atoms with Gasteiger partial charge in [-0.25, -0.2) is 0 Å². The van der Waals surface area contributed by atoms with Gasteiger partial charge in [0.1, 0.15) is 29.1 Å². The van der Waals surface area contributed by atoms with E-state index in [1.807, 2.05) is 30.3 Å². The molecule has 0 aliphatic heterocycles. The van der Waals surface area contributed by atoms with Crippen LogP contribution in [0.1, 0.15) is 11.1 Å². The minimum atomic E-state index is -0.650. The molecule has 4 aromatic rings. The highest BCUT2D eigenvalue weighted by Gasteiger charge is 2.21. The highest BCUT2D eigenvalue weighted by atomic mass is 16.6. The van der Waals surface area contributed by atoms with Crippen LogP contribution in [0.3, 0.4) is 0 Å². The molecule has 0 unspecified atom stereocenters. The van der Waals surface area contributed by atoms with Crippen LogP contribution in [0.4, 0.5) is 5.69 Å². The molecule has 1 heterocycles. The maximum Gasteiger partial charge on any atom is 0.312 e. The van der Waals surface area contributed by atoms with Crippen molar-refractivity contribution in [3.8, 4) is 23.6 Å². The number of nitriles is 2. The highest BCUT2D eigenvalue weighted by molar-refractivity contribution is 6.05.